The van der Waals surface area contributed by atoms with Crippen molar-refractivity contribution in [3.05, 3.63) is 77.6 Å². The van der Waals surface area contributed by atoms with E-state index in [1.165, 1.54) is 11.1 Å². The van der Waals surface area contributed by atoms with Crippen LogP contribution in [0.1, 0.15) is 21.5 Å². The van der Waals surface area contributed by atoms with Crippen LogP contribution in [0, 0.1) is 13.8 Å². The largest absolute Gasteiger partial charge is 0.497 e. The van der Waals surface area contributed by atoms with Gasteiger partial charge >= 0.3 is 0 Å². The molecule has 0 unspecified atom stereocenters. The van der Waals surface area contributed by atoms with Gasteiger partial charge in [-0.05, 0) is 55.3 Å². The summed E-state index contributed by atoms with van der Waals surface area (Å²) in [5.74, 6) is 0.459. The molecule has 132 valence electrons. The summed E-state index contributed by atoms with van der Waals surface area (Å²) in [5.41, 5.74) is 5.21. The number of carbonyl (C=O) groups is 1. The van der Waals surface area contributed by atoms with E-state index in [1.54, 1.807) is 31.6 Å². The molecular formula is C21H21N3O2. The van der Waals surface area contributed by atoms with Gasteiger partial charge in [0.05, 0.1) is 24.6 Å². The first-order valence-corrected chi connectivity index (χ1v) is 8.29. The zero-order chi connectivity index (χ0) is 18.5. The molecule has 0 saturated heterocycles. The average molecular weight is 347 g/mol. The molecule has 2 N–H and O–H groups in total. The lowest BCUT2D eigenvalue weighted by Gasteiger charge is -2.10. The van der Waals surface area contributed by atoms with Gasteiger partial charge in [-0.2, -0.15) is 0 Å². The Hall–Kier alpha value is -3.34. The number of hydrogen-bond acceptors (Lipinski definition) is 4. The maximum atomic E-state index is 12.5. The van der Waals surface area contributed by atoms with Gasteiger partial charge in [0.25, 0.3) is 5.91 Å². The van der Waals surface area contributed by atoms with E-state index in [1.807, 2.05) is 18.2 Å². The van der Waals surface area contributed by atoms with Gasteiger partial charge < -0.3 is 15.4 Å². The number of carbonyl (C=O) groups excluding carboxylic acids is 1. The first-order valence-electron chi connectivity index (χ1n) is 8.29. The van der Waals surface area contributed by atoms with Gasteiger partial charge in [0.15, 0.2) is 0 Å². The smallest absolute Gasteiger partial charge is 0.257 e. The summed E-state index contributed by atoms with van der Waals surface area (Å²) >= 11 is 0. The van der Waals surface area contributed by atoms with E-state index in [-0.39, 0.29) is 5.91 Å². The molecule has 5 heteroatoms. The number of nitrogens with one attached hydrogen (secondary N) is 2. The lowest BCUT2D eigenvalue weighted by atomic mass is 10.1. The number of anilines is 3. The third-order valence-electron chi connectivity index (χ3n) is 3.84. The molecule has 0 saturated carbocycles. The number of pyridine rings is 1. The normalized spacial score (nSPS) is 10.3. The molecule has 0 fully saturated rings. The molecule has 1 aromatic heterocycles. The molecule has 0 aliphatic heterocycles. The van der Waals surface area contributed by atoms with Crippen LogP contribution < -0.4 is 15.4 Å². The summed E-state index contributed by atoms with van der Waals surface area (Å²) < 4.78 is 5.17. The number of hydrogen-bond donors (Lipinski definition) is 2. The standard InChI is InChI=1S/C21H21N3O2/c1-14-7-15(2)9-18(8-14)23-19-10-16(12-22-13-19)21(25)24-17-5-4-6-20(11-17)26-3/h4-13,23H,1-3H3,(H,24,25). The number of benzene rings is 2. The SMILES string of the molecule is COc1cccc(NC(=O)c2cncc(Nc3cc(C)cc(C)c3)c2)c1. The van der Waals surface area contributed by atoms with E-state index in [0.717, 1.165) is 11.4 Å². The number of aromatic nitrogens is 1. The van der Waals surface area contributed by atoms with Gasteiger partial charge in [-0.3, -0.25) is 9.78 Å². The van der Waals surface area contributed by atoms with Crippen molar-refractivity contribution in [2.75, 3.05) is 17.7 Å². The maximum absolute atomic E-state index is 12.5. The Labute approximate surface area is 153 Å². The number of ether oxygens (including phenoxy) is 1. The number of rotatable bonds is 5. The summed E-state index contributed by atoms with van der Waals surface area (Å²) in [6.07, 6.45) is 3.24. The molecule has 5 nitrogen and oxygen atoms in total. The monoisotopic (exact) mass is 347 g/mol. The van der Waals surface area contributed by atoms with Crippen LogP contribution in [-0.4, -0.2) is 18.0 Å². The van der Waals surface area contributed by atoms with Crippen molar-refractivity contribution >= 4 is 23.0 Å². The highest BCUT2D eigenvalue weighted by atomic mass is 16.5. The van der Waals surface area contributed by atoms with E-state index >= 15 is 0 Å². The molecule has 2 aromatic carbocycles. The van der Waals surface area contributed by atoms with Crippen molar-refractivity contribution in [1.29, 1.82) is 0 Å². The molecular weight excluding hydrogens is 326 g/mol. The molecule has 3 rings (SSSR count). The van der Waals surface area contributed by atoms with E-state index in [9.17, 15) is 4.79 Å². The maximum Gasteiger partial charge on any atom is 0.257 e. The van der Waals surface area contributed by atoms with E-state index in [0.29, 0.717) is 17.0 Å². The van der Waals surface area contributed by atoms with Gasteiger partial charge in [0.1, 0.15) is 5.75 Å². The van der Waals surface area contributed by atoms with Crippen LogP contribution in [0.5, 0.6) is 5.75 Å². The number of amides is 1. The van der Waals surface area contributed by atoms with E-state index < -0.39 is 0 Å². The summed E-state index contributed by atoms with van der Waals surface area (Å²) in [6.45, 7) is 4.10. The van der Waals surface area contributed by atoms with Crippen molar-refractivity contribution in [2.24, 2.45) is 0 Å². The van der Waals surface area contributed by atoms with Crippen molar-refractivity contribution in [3.63, 3.8) is 0 Å². The third-order valence-corrected chi connectivity index (χ3v) is 3.84. The second-order valence-corrected chi connectivity index (χ2v) is 6.15. The second-order valence-electron chi connectivity index (χ2n) is 6.15. The summed E-state index contributed by atoms with van der Waals surface area (Å²) in [4.78, 5) is 16.7. The van der Waals surface area contributed by atoms with Gasteiger partial charge in [0.2, 0.25) is 0 Å². The van der Waals surface area contributed by atoms with Crippen LogP contribution in [-0.2, 0) is 0 Å². The molecule has 0 bridgehead atoms. The summed E-state index contributed by atoms with van der Waals surface area (Å²) in [6, 6.07) is 15.2. The zero-order valence-electron chi connectivity index (χ0n) is 15.0. The number of methoxy groups -OCH3 is 1. The molecule has 1 amide bonds. The van der Waals surface area contributed by atoms with Crippen LogP contribution in [0.25, 0.3) is 0 Å². The molecule has 0 atom stereocenters. The first-order chi connectivity index (χ1) is 12.5. The predicted molar refractivity (Wildman–Crippen MR) is 104 cm³/mol. The third kappa shape index (κ3) is 4.39. The lowest BCUT2D eigenvalue weighted by Crippen LogP contribution is -2.12. The highest BCUT2D eigenvalue weighted by Gasteiger charge is 2.09. The van der Waals surface area contributed by atoms with Crippen LogP contribution >= 0.6 is 0 Å². The van der Waals surface area contributed by atoms with Crippen LogP contribution in [0.2, 0.25) is 0 Å². The van der Waals surface area contributed by atoms with E-state index in [2.05, 4.69) is 47.7 Å². The van der Waals surface area contributed by atoms with Gasteiger partial charge in [-0.15, -0.1) is 0 Å². The Kier molecular flexibility index (Phi) is 5.17. The molecule has 26 heavy (non-hydrogen) atoms. The average Bonchev–Trinajstić information content (AvgIpc) is 2.61. The molecule has 0 spiro atoms. The van der Waals surface area contributed by atoms with Gasteiger partial charge in [-0.1, -0.05) is 12.1 Å². The minimum Gasteiger partial charge on any atom is -0.497 e. The molecule has 0 radical (unpaired) electrons. The van der Waals surface area contributed by atoms with Crippen LogP contribution in [0.15, 0.2) is 60.9 Å². The lowest BCUT2D eigenvalue weighted by molar-refractivity contribution is 0.102. The molecule has 0 aliphatic rings. The molecule has 0 aliphatic carbocycles. The minimum atomic E-state index is -0.227. The van der Waals surface area contributed by atoms with Crippen LogP contribution in [0.4, 0.5) is 17.1 Å². The molecule has 3 aromatic rings. The Morgan fingerprint density at radius 2 is 1.69 bits per heavy atom. The molecule has 1 heterocycles. The Balaban J connectivity index is 1.76. The summed E-state index contributed by atoms with van der Waals surface area (Å²) in [7, 11) is 1.59. The van der Waals surface area contributed by atoms with Gasteiger partial charge in [0, 0.05) is 23.6 Å². The highest BCUT2D eigenvalue weighted by Crippen LogP contribution is 2.21. The van der Waals surface area contributed by atoms with Crippen molar-refractivity contribution in [2.45, 2.75) is 13.8 Å². The van der Waals surface area contributed by atoms with Crippen molar-refractivity contribution in [3.8, 4) is 5.75 Å². The summed E-state index contributed by atoms with van der Waals surface area (Å²) in [5, 5.41) is 6.16. The minimum absolute atomic E-state index is 0.227. The predicted octanol–water partition coefficient (Wildman–Crippen LogP) is 4.70. The quantitative estimate of drug-likeness (QED) is 0.702. The fourth-order valence-electron chi connectivity index (χ4n) is 2.75. The Morgan fingerprint density at radius 1 is 0.923 bits per heavy atom. The number of nitrogens with zero attached hydrogens (tertiary/aromatic N) is 1. The Bertz CT molecular complexity index is 918. The van der Waals surface area contributed by atoms with Crippen molar-refractivity contribution < 1.29 is 9.53 Å². The van der Waals surface area contributed by atoms with Gasteiger partial charge in [-0.25, -0.2) is 0 Å². The highest BCUT2D eigenvalue weighted by molar-refractivity contribution is 6.04. The second kappa shape index (κ2) is 7.70. The van der Waals surface area contributed by atoms with E-state index in [4.69, 9.17) is 4.74 Å². The Morgan fingerprint density at radius 3 is 2.42 bits per heavy atom. The van der Waals surface area contributed by atoms with Crippen LogP contribution in [0.3, 0.4) is 0 Å². The fourth-order valence-corrected chi connectivity index (χ4v) is 2.75. The zero-order valence-corrected chi connectivity index (χ0v) is 15.0. The number of aryl methyl sites for hydroxylation is 2. The fraction of sp³-hybridized carbons (Fsp3) is 0.143. The first kappa shape index (κ1) is 17.5. The van der Waals surface area contributed by atoms with Crippen molar-refractivity contribution in [1.82, 2.24) is 4.98 Å². The topological polar surface area (TPSA) is 63.2 Å².